The minimum absolute atomic E-state index is 0.0267. The van der Waals surface area contributed by atoms with Crippen molar-refractivity contribution in [2.24, 2.45) is 0 Å². The number of hydrogen-bond donors (Lipinski definition) is 1. The Morgan fingerprint density at radius 1 is 1.13 bits per heavy atom. The van der Waals surface area contributed by atoms with Crippen LogP contribution in [0.5, 0.6) is 0 Å². The van der Waals surface area contributed by atoms with Crippen molar-refractivity contribution in [3.63, 3.8) is 0 Å². The van der Waals surface area contributed by atoms with Crippen molar-refractivity contribution >= 4 is 29.1 Å². The third-order valence-electron chi connectivity index (χ3n) is 6.21. The molecule has 2 aliphatic rings. The van der Waals surface area contributed by atoms with Gasteiger partial charge in [0.1, 0.15) is 0 Å². The third kappa shape index (κ3) is 3.72. The van der Waals surface area contributed by atoms with Crippen LogP contribution in [0.15, 0.2) is 55.1 Å². The van der Waals surface area contributed by atoms with E-state index >= 15 is 0 Å². The molecule has 1 N–H and O–H groups in total. The summed E-state index contributed by atoms with van der Waals surface area (Å²) in [5.41, 5.74) is 3.22. The number of halogens is 1. The van der Waals surface area contributed by atoms with Crippen molar-refractivity contribution < 1.29 is 9.59 Å². The van der Waals surface area contributed by atoms with Crippen LogP contribution in [0.25, 0.3) is 5.69 Å². The summed E-state index contributed by atoms with van der Waals surface area (Å²) in [6, 6.07) is 11.1. The van der Waals surface area contributed by atoms with Crippen molar-refractivity contribution in [2.75, 3.05) is 5.32 Å². The highest BCUT2D eigenvalue weighted by molar-refractivity contribution is 6.32. The second kappa shape index (κ2) is 8.19. The molecule has 2 aromatic carbocycles. The molecule has 3 aromatic rings. The summed E-state index contributed by atoms with van der Waals surface area (Å²) >= 11 is 6.41. The van der Waals surface area contributed by atoms with Crippen molar-refractivity contribution in [1.29, 1.82) is 0 Å². The number of carbonyl (C=O) groups excluding carboxylic acids is 2. The highest BCUT2D eigenvalue weighted by Crippen LogP contribution is 2.33. The molecular formula is C24H23ClN4O2. The molecule has 1 aliphatic carbocycles. The van der Waals surface area contributed by atoms with Crippen LogP contribution in [0.2, 0.25) is 5.02 Å². The second-order valence-corrected chi connectivity index (χ2v) is 8.56. The molecule has 7 heteroatoms. The molecule has 0 spiro atoms. The molecule has 1 aromatic heterocycles. The zero-order chi connectivity index (χ0) is 21.4. The van der Waals surface area contributed by atoms with Crippen molar-refractivity contribution in [1.82, 2.24) is 14.5 Å². The van der Waals surface area contributed by atoms with Gasteiger partial charge in [-0.05, 0) is 42.7 Å². The molecule has 1 saturated carbocycles. The maximum atomic E-state index is 13.2. The van der Waals surface area contributed by atoms with Crippen LogP contribution in [0.1, 0.15) is 58.4 Å². The van der Waals surface area contributed by atoms with Crippen LogP contribution in [0.4, 0.5) is 5.69 Å². The zero-order valence-electron chi connectivity index (χ0n) is 17.1. The van der Waals surface area contributed by atoms with E-state index in [2.05, 4.69) is 10.3 Å². The van der Waals surface area contributed by atoms with Gasteiger partial charge >= 0.3 is 0 Å². The van der Waals surface area contributed by atoms with E-state index in [0.29, 0.717) is 28.4 Å². The number of anilines is 1. The average Bonchev–Trinajstić information content (AvgIpc) is 3.43. The maximum Gasteiger partial charge on any atom is 0.256 e. The van der Waals surface area contributed by atoms with Crippen LogP contribution in [0, 0.1) is 0 Å². The smallest absolute Gasteiger partial charge is 0.256 e. The normalized spacial score (nSPS) is 16.4. The maximum absolute atomic E-state index is 13.2. The molecule has 0 radical (unpaired) electrons. The molecule has 1 aliphatic heterocycles. The topological polar surface area (TPSA) is 67.2 Å². The number of hydrogen-bond acceptors (Lipinski definition) is 3. The van der Waals surface area contributed by atoms with E-state index in [4.69, 9.17) is 11.6 Å². The first kappa shape index (κ1) is 19.8. The van der Waals surface area contributed by atoms with Gasteiger partial charge in [-0.25, -0.2) is 4.98 Å². The van der Waals surface area contributed by atoms with Crippen LogP contribution >= 0.6 is 11.6 Å². The first-order chi connectivity index (χ1) is 15.1. The number of fused-ring (bicyclic) bond motifs is 1. The van der Waals surface area contributed by atoms with Crippen molar-refractivity contribution in [3.8, 4) is 5.69 Å². The first-order valence-electron chi connectivity index (χ1n) is 10.6. The summed E-state index contributed by atoms with van der Waals surface area (Å²) in [6.45, 7) is 0.589. The Bertz CT molecular complexity index is 1140. The number of nitrogens with zero attached hydrogens (tertiary/aromatic N) is 3. The van der Waals surface area contributed by atoms with Gasteiger partial charge in [0, 0.05) is 30.7 Å². The molecule has 1 fully saturated rings. The summed E-state index contributed by atoms with van der Waals surface area (Å²) in [5, 5.41) is 3.39. The van der Waals surface area contributed by atoms with E-state index in [1.165, 1.54) is 6.42 Å². The number of nitrogens with one attached hydrogen (secondary N) is 1. The molecule has 0 atom stereocenters. The highest BCUT2D eigenvalue weighted by atomic mass is 35.5. The SMILES string of the molecule is O=C(Nc1ccc(-n2ccnc2)c(Cl)c1)c1cccc2c1C(=O)N(C1CCCCC1)C2. The zero-order valence-corrected chi connectivity index (χ0v) is 17.8. The van der Waals surface area contributed by atoms with Gasteiger partial charge in [-0.15, -0.1) is 0 Å². The van der Waals surface area contributed by atoms with E-state index < -0.39 is 0 Å². The van der Waals surface area contributed by atoms with Gasteiger partial charge in [0.2, 0.25) is 0 Å². The fourth-order valence-electron chi connectivity index (χ4n) is 4.65. The summed E-state index contributed by atoms with van der Waals surface area (Å²) in [5.74, 6) is -0.330. The van der Waals surface area contributed by atoms with E-state index in [9.17, 15) is 9.59 Å². The summed E-state index contributed by atoms with van der Waals surface area (Å²) in [7, 11) is 0. The lowest BCUT2D eigenvalue weighted by molar-refractivity contribution is 0.0657. The predicted octanol–water partition coefficient (Wildman–Crippen LogP) is 5.07. The van der Waals surface area contributed by atoms with Crippen LogP contribution < -0.4 is 5.32 Å². The Morgan fingerprint density at radius 3 is 2.71 bits per heavy atom. The van der Waals surface area contributed by atoms with E-state index in [0.717, 1.165) is 36.9 Å². The molecular weight excluding hydrogens is 412 g/mol. The fraction of sp³-hybridized carbons (Fsp3) is 0.292. The highest BCUT2D eigenvalue weighted by Gasteiger charge is 2.36. The Balaban J connectivity index is 1.38. The molecule has 0 saturated heterocycles. The number of benzene rings is 2. The lowest BCUT2D eigenvalue weighted by Crippen LogP contribution is -2.37. The molecule has 5 rings (SSSR count). The summed E-state index contributed by atoms with van der Waals surface area (Å²) in [6.07, 6.45) is 10.8. The van der Waals surface area contributed by atoms with Gasteiger partial charge in [0.05, 0.1) is 28.2 Å². The summed E-state index contributed by atoms with van der Waals surface area (Å²) in [4.78, 5) is 32.3. The number of imidazole rings is 1. The van der Waals surface area contributed by atoms with Gasteiger partial charge in [0.25, 0.3) is 11.8 Å². The van der Waals surface area contributed by atoms with Crippen LogP contribution in [-0.2, 0) is 6.54 Å². The molecule has 0 unspecified atom stereocenters. The van der Waals surface area contributed by atoms with Gasteiger partial charge in [-0.1, -0.05) is 43.0 Å². The number of aromatic nitrogens is 2. The molecule has 0 bridgehead atoms. The Kier molecular flexibility index (Phi) is 5.24. The quantitative estimate of drug-likeness (QED) is 0.623. The van der Waals surface area contributed by atoms with Crippen LogP contribution in [0.3, 0.4) is 0 Å². The average molecular weight is 435 g/mol. The Morgan fingerprint density at radius 2 is 1.97 bits per heavy atom. The minimum atomic E-state index is -0.304. The lowest BCUT2D eigenvalue weighted by Gasteiger charge is -2.30. The largest absolute Gasteiger partial charge is 0.331 e. The number of carbonyl (C=O) groups is 2. The standard InChI is InChI=1S/C24H23ClN4O2/c25-20-13-17(9-10-21(20)28-12-11-26-15-28)27-23(30)19-8-4-5-16-14-29(24(31)22(16)19)18-6-2-1-3-7-18/h4-5,8-13,15,18H,1-3,6-7,14H2,(H,27,30). The van der Waals surface area contributed by atoms with Gasteiger partial charge < -0.3 is 14.8 Å². The first-order valence-corrected chi connectivity index (χ1v) is 11.0. The summed E-state index contributed by atoms with van der Waals surface area (Å²) < 4.78 is 1.80. The Hall–Kier alpha value is -3.12. The van der Waals surface area contributed by atoms with Gasteiger partial charge in [-0.3, -0.25) is 9.59 Å². The molecule has 2 heterocycles. The van der Waals surface area contributed by atoms with Crippen molar-refractivity contribution in [2.45, 2.75) is 44.7 Å². The monoisotopic (exact) mass is 434 g/mol. The fourth-order valence-corrected chi connectivity index (χ4v) is 4.93. The lowest BCUT2D eigenvalue weighted by atomic mass is 9.94. The molecule has 158 valence electrons. The minimum Gasteiger partial charge on any atom is -0.331 e. The van der Waals surface area contributed by atoms with E-state index in [1.54, 1.807) is 41.5 Å². The Labute approximate surface area is 185 Å². The van der Waals surface area contributed by atoms with E-state index in [1.807, 2.05) is 23.1 Å². The molecule has 2 amide bonds. The van der Waals surface area contributed by atoms with Crippen LogP contribution in [-0.4, -0.2) is 32.3 Å². The number of rotatable bonds is 4. The van der Waals surface area contributed by atoms with Crippen molar-refractivity contribution in [3.05, 3.63) is 76.8 Å². The van der Waals surface area contributed by atoms with Gasteiger partial charge in [0.15, 0.2) is 0 Å². The molecule has 31 heavy (non-hydrogen) atoms. The van der Waals surface area contributed by atoms with Gasteiger partial charge in [-0.2, -0.15) is 0 Å². The number of amides is 2. The second-order valence-electron chi connectivity index (χ2n) is 8.15. The molecule has 6 nitrogen and oxygen atoms in total. The third-order valence-corrected chi connectivity index (χ3v) is 6.52. The van der Waals surface area contributed by atoms with E-state index in [-0.39, 0.29) is 17.9 Å². The predicted molar refractivity (Wildman–Crippen MR) is 120 cm³/mol.